The molecule has 0 spiro atoms. The van der Waals surface area contributed by atoms with E-state index in [4.69, 9.17) is 0 Å². The number of aromatic nitrogens is 3. The second-order valence-electron chi connectivity index (χ2n) is 4.58. The number of benzene rings is 1. The molecular weight excluding hydrogens is 300 g/mol. The summed E-state index contributed by atoms with van der Waals surface area (Å²) in [4.78, 5) is 15.7. The van der Waals surface area contributed by atoms with E-state index in [0.29, 0.717) is 11.5 Å². The van der Waals surface area contributed by atoms with Crippen molar-refractivity contribution in [1.82, 2.24) is 15.2 Å². The Labute approximate surface area is 133 Å². The van der Waals surface area contributed by atoms with Crippen LogP contribution in [0.15, 0.2) is 41.1 Å². The first-order valence-electron chi connectivity index (χ1n) is 6.74. The molecule has 0 unspecified atom stereocenters. The van der Waals surface area contributed by atoms with Gasteiger partial charge in [-0.25, -0.2) is 4.79 Å². The number of aromatic amines is 1. The highest BCUT2D eigenvalue weighted by Crippen LogP contribution is 2.19. The monoisotopic (exact) mass is 318 g/mol. The zero-order valence-corrected chi connectivity index (χ0v) is 13.5. The predicted molar refractivity (Wildman–Crippen MR) is 87.6 cm³/mol. The van der Waals surface area contributed by atoms with Crippen molar-refractivity contribution in [2.45, 2.75) is 19.0 Å². The van der Waals surface area contributed by atoms with Crippen molar-refractivity contribution in [2.24, 2.45) is 0 Å². The van der Waals surface area contributed by atoms with Gasteiger partial charge in [0.2, 0.25) is 5.95 Å². The van der Waals surface area contributed by atoms with Crippen LogP contribution in [0.2, 0.25) is 0 Å². The summed E-state index contributed by atoms with van der Waals surface area (Å²) in [5, 5.41) is 10.8. The van der Waals surface area contributed by atoms with E-state index in [9.17, 15) is 4.79 Å². The van der Waals surface area contributed by atoms with Crippen LogP contribution < -0.4 is 5.32 Å². The average molecular weight is 318 g/mol. The van der Waals surface area contributed by atoms with Gasteiger partial charge in [-0.2, -0.15) is 4.98 Å². The number of hydrogen-bond acceptors (Lipinski definition) is 6. The maximum Gasteiger partial charge on any atom is 0.337 e. The van der Waals surface area contributed by atoms with Crippen LogP contribution in [0.3, 0.4) is 0 Å². The number of allylic oxidation sites excluding steroid dienone is 1. The van der Waals surface area contributed by atoms with Gasteiger partial charge in [-0.15, -0.1) is 5.10 Å². The Morgan fingerprint density at radius 1 is 1.41 bits per heavy atom. The Bertz CT molecular complexity index is 664. The van der Waals surface area contributed by atoms with E-state index in [0.717, 1.165) is 16.6 Å². The molecule has 0 saturated heterocycles. The molecule has 1 heterocycles. The second-order valence-corrected chi connectivity index (χ2v) is 5.55. The largest absolute Gasteiger partial charge is 0.465 e. The van der Waals surface area contributed by atoms with Crippen LogP contribution in [0.5, 0.6) is 0 Å². The molecule has 2 aromatic rings. The number of esters is 1. The molecule has 116 valence electrons. The Balaban J connectivity index is 1.96. The summed E-state index contributed by atoms with van der Waals surface area (Å²) in [5.74, 6) is 1.01. The van der Waals surface area contributed by atoms with Gasteiger partial charge in [0.1, 0.15) is 0 Å². The van der Waals surface area contributed by atoms with E-state index >= 15 is 0 Å². The summed E-state index contributed by atoms with van der Waals surface area (Å²) in [6, 6.07) is 6.93. The van der Waals surface area contributed by atoms with Gasteiger partial charge >= 0.3 is 5.97 Å². The van der Waals surface area contributed by atoms with Gasteiger partial charge in [0.05, 0.1) is 12.7 Å². The lowest BCUT2D eigenvalue weighted by Gasteiger charge is -2.03. The van der Waals surface area contributed by atoms with E-state index in [1.807, 2.05) is 6.92 Å². The van der Waals surface area contributed by atoms with Gasteiger partial charge in [0, 0.05) is 11.4 Å². The number of thioether (sulfide) groups is 1. The number of carbonyl (C=O) groups excluding carboxylic acids is 1. The molecule has 0 bridgehead atoms. The van der Waals surface area contributed by atoms with Crippen LogP contribution in [0.4, 0.5) is 11.6 Å². The number of hydrogen-bond donors (Lipinski definition) is 2. The summed E-state index contributed by atoms with van der Waals surface area (Å²) < 4.78 is 4.66. The molecule has 0 fully saturated rings. The normalized spacial score (nSPS) is 11.3. The molecule has 1 aromatic heterocycles. The zero-order valence-electron chi connectivity index (χ0n) is 12.7. The Morgan fingerprint density at radius 3 is 2.77 bits per heavy atom. The standard InChI is InChI=1S/C15H18N4O2S/c1-4-10(2)9-22-15-17-14(18-19-15)16-12-7-5-11(6-8-12)13(20)21-3/h4-8H,9H2,1-3H3,(H2,16,17,18,19)/b10-4+. The smallest absolute Gasteiger partial charge is 0.337 e. The van der Waals surface area contributed by atoms with Gasteiger partial charge in [-0.3, -0.25) is 5.10 Å². The van der Waals surface area contributed by atoms with Crippen molar-refractivity contribution in [3.8, 4) is 0 Å². The fourth-order valence-corrected chi connectivity index (χ4v) is 2.36. The number of nitrogens with zero attached hydrogens (tertiary/aromatic N) is 2. The first kappa shape index (κ1) is 16.1. The van der Waals surface area contributed by atoms with Gasteiger partial charge in [0.15, 0.2) is 5.16 Å². The predicted octanol–water partition coefficient (Wildman–Crippen LogP) is 3.39. The third kappa shape index (κ3) is 4.36. The van der Waals surface area contributed by atoms with Crippen molar-refractivity contribution in [2.75, 3.05) is 18.2 Å². The number of carbonyl (C=O) groups is 1. The Hall–Kier alpha value is -2.28. The van der Waals surface area contributed by atoms with Gasteiger partial charge in [-0.05, 0) is 38.1 Å². The molecule has 1 aromatic carbocycles. The third-order valence-corrected chi connectivity index (χ3v) is 4.01. The number of methoxy groups -OCH3 is 1. The molecule has 2 rings (SSSR count). The number of nitrogens with one attached hydrogen (secondary N) is 2. The molecule has 2 N–H and O–H groups in total. The van der Waals surface area contributed by atoms with E-state index < -0.39 is 0 Å². The second kappa shape index (κ2) is 7.65. The SMILES string of the molecule is C/C=C(\C)CSc1nc(Nc2ccc(C(=O)OC)cc2)n[nH]1. The highest BCUT2D eigenvalue weighted by Gasteiger charge is 2.07. The van der Waals surface area contributed by atoms with Gasteiger partial charge < -0.3 is 10.1 Å². The molecule has 7 heteroatoms. The summed E-state index contributed by atoms with van der Waals surface area (Å²) in [6.07, 6.45) is 2.07. The molecule has 22 heavy (non-hydrogen) atoms. The van der Waals surface area contributed by atoms with E-state index in [1.165, 1.54) is 12.7 Å². The van der Waals surface area contributed by atoms with E-state index in [-0.39, 0.29) is 5.97 Å². The minimum atomic E-state index is -0.359. The lowest BCUT2D eigenvalue weighted by atomic mass is 10.2. The highest BCUT2D eigenvalue weighted by atomic mass is 32.2. The average Bonchev–Trinajstić information content (AvgIpc) is 3.00. The minimum Gasteiger partial charge on any atom is -0.465 e. The first-order chi connectivity index (χ1) is 10.6. The van der Waals surface area contributed by atoms with Crippen LogP contribution >= 0.6 is 11.8 Å². The molecule has 6 nitrogen and oxygen atoms in total. The molecule has 0 aliphatic carbocycles. The van der Waals surface area contributed by atoms with Crippen LogP contribution in [0.25, 0.3) is 0 Å². The summed E-state index contributed by atoms with van der Waals surface area (Å²) in [5.41, 5.74) is 2.59. The molecule has 0 aliphatic heterocycles. The van der Waals surface area contributed by atoms with Crippen LogP contribution in [0, 0.1) is 0 Å². The lowest BCUT2D eigenvalue weighted by molar-refractivity contribution is 0.0601. The van der Waals surface area contributed by atoms with E-state index in [1.54, 1.807) is 36.0 Å². The van der Waals surface area contributed by atoms with Crippen LogP contribution in [-0.4, -0.2) is 34.0 Å². The van der Waals surface area contributed by atoms with Crippen LogP contribution in [0.1, 0.15) is 24.2 Å². The highest BCUT2D eigenvalue weighted by molar-refractivity contribution is 7.99. The number of rotatable bonds is 6. The molecule has 0 saturated carbocycles. The molecular formula is C15H18N4O2S. The minimum absolute atomic E-state index is 0.359. The van der Waals surface area contributed by atoms with Crippen molar-refractivity contribution in [3.63, 3.8) is 0 Å². The Morgan fingerprint density at radius 2 is 2.14 bits per heavy atom. The summed E-state index contributed by atoms with van der Waals surface area (Å²) in [6.45, 7) is 4.09. The first-order valence-corrected chi connectivity index (χ1v) is 7.73. The lowest BCUT2D eigenvalue weighted by Crippen LogP contribution is -2.01. The molecule has 0 atom stereocenters. The summed E-state index contributed by atoms with van der Waals surface area (Å²) in [7, 11) is 1.36. The fraction of sp³-hybridized carbons (Fsp3) is 0.267. The van der Waals surface area contributed by atoms with Crippen molar-refractivity contribution in [1.29, 1.82) is 0 Å². The van der Waals surface area contributed by atoms with Gasteiger partial charge in [-0.1, -0.05) is 23.4 Å². The molecule has 0 aliphatic rings. The number of anilines is 2. The van der Waals surface area contributed by atoms with Gasteiger partial charge in [0.25, 0.3) is 0 Å². The fourth-order valence-electron chi connectivity index (χ4n) is 1.57. The molecule has 0 radical (unpaired) electrons. The quantitative estimate of drug-likeness (QED) is 0.483. The topological polar surface area (TPSA) is 79.9 Å². The zero-order chi connectivity index (χ0) is 15.9. The maximum atomic E-state index is 11.4. The number of ether oxygens (including phenoxy) is 1. The van der Waals surface area contributed by atoms with Crippen molar-refractivity contribution >= 4 is 29.4 Å². The third-order valence-electron chi connectivity index (χ3n) is 2.96. The van der Waals surface area contributed by atoms with E-state index in [2.05, 4.69) is 38.2 Å². The van der Waals surface area contributed by atoms with Crippen LogP contribution in [-0.2, 0) is 4.74 Å². The Kier molecular flexibility index (Phi) is 5.60. The number of H-pyrrole nitrogens is 1. The van der Waals surface area contributed by atoms with Crippen molar-refractivity contribution < 1.29 is 9.53 Å². The summed E-state index contributed by atoms with van der Waals surface area (Å²) >= 11 is 1.60. The van der Waals surface area contributed by atoms with Crippen molar-refractivity contribution in [3.05, 3.63) is 41.5 Å². The molecule has 0 amide bonds. The maximum absolute atomic E-state index is 11.4.